The maximum Gasteiger partial charge on any atom is 0.137 e. The average molecular weight is 266 g/mol. The first-order valence-corrected chi connectivity index (χ1v) is 7.45. The van der Waals surface area contributed by atoms with Gasteiger partial charge < -0.3 is 4.90 Å². The van der Waals surface area contributed by atoms with Crippen LogP contribution in [-0.2, 0) is 6.42 Å². The number of anilines is 1. The van der Waals surface area contributed by atoms with E-state index in [1.54, 1.807) is 6.33 Å². The molecule has 3 nitrogen and oxygen atoms in total. The molecule has 98 valence electrons. The maximum absolute atomic E-state index is 6.21. The molecule has 0 aromatic carbocycles. The van der Waals surface area contributed by atoms with Crippen LogP contribution in [0.15, 0.2) is 6.33 Å². The lowest BCUT2D eigenvalue weighted by Crippen LogP contribution is -2.43. The number of hydrogen-bond donors (Lipinski definition) is 0. The number of nitrogens with zero attached hydrogens (tertiary/aromatic N) is 3. The predicted molar refractivity (Wildman–Crippen MR) is 74.1 cm³/mol. The Morgan fingerprint density at radius 1 is 1.28 bits per heavy atom. The number of fused-ring (bicyclic) bond motifs is 1. The molecule has 0 amide bonds. The molecule has 2 atom stereocenters. The summed E-state index contributed by atoms with van der Waals surface area (Å²) in [4.78, 5) is 11.2. The van der Waals surface area contributed by atoms with Gasteiger partial charge in [-0.2, -0.15) is 0 Å². The minimum Gasteiger partial charge on any atom is -0.353 e. The Hall–Kier alpha value is -0.830. The summed E-state index contributed by atoms with van der Waals surface area (Å²) in [5, 5.41) is 0.627. The molecule has 1 saturated heterocycles. The van der Waals surface area contributed by atoms with Crippen LogP contribution in [-0.4, -0.2) is 22.6 Å². The number of rotatable bonds is 2. The number of piperidine rings is 1. The van der Waals surface area contributed by atoms with Gasteiger partial charge in [-0.1, -0.05) is 24.9 Å². The highest BCUT2D eigenvalue weighted by atomic mass is 35.5. The van der Waals surface area contributed by atoms with Crippen LogP contribution in [0.1, 0.15) is 44.6 Å². The van der Waals surface area contributed by atoms with E-state index < -0.39 is 0 Å². The lowest BCUT2D eigenvalue weighted by molar-refractivity contribution is 0.360. The van der Waals surface area contributed by atoms with E-state index in [1.807, 2.05) is 0 Å². The minimum absolute atomic E-state index is 0.627. The second-order valence-electron chi connectivity index (χ2n) is 5.41. The number of halogens is 1. The molecule has 1 aromatic heterocycles. The van der Waals surface area contributed by atoms with E-state index in [0.717, 1.165) is 30.3 Å². The third-order valence-corrected chi connectivity index (χ3v) is 4.81. The summed E-state index contributed by atoms with van der Waals surface area (Å²) < 4.78 is 0. The summed E-state index contributed by atoms with van der Waals surface area (Å²) in [5.74, 6) is 1.96. The first kappa shape index (κ1) is 12.2. The molecule has 1 saturated carbocycles. The number of aromatic nitrogens is 2. The summed E-state index contributed by atoms with van der Waals surface area (Å²) in [7, 11) is 0. The topological polar surface area (TPSA) is 29.0 Å². The van der Waals surface area contributed by atoms with Gasteiger partial charge in [-0.05, 0) is 38.0 Å². The predicted octanol–water partition coefficient (Wildman–Crippen LogP) is 3.46. The summed E-state index contributed by atoms with van der Waals surface area (Å²) >= 11 is 6.21. The van der Waals surface area contributed by atoms with Crippen LogP contribution in [0.25, 0.3) is 0 Å². The van der Waals surface area contributed by atoms with E-state index in [0.29, 0.717) is 11.2 Å². The molecule has 4 heteroatoms. The molecule has 18 heavy (non-hydrogen) atoms. The van der Waals surface area contributed by atoms with Crippen molar-refractivity contribution in [2.24, 2.45) is 5.92 Å². The van der Waals surface area contributed by atoms with Gasteiger partial charge >= 0.3 is 0 Å². The number of hydrogen-bond acceptors (Lipinski definition) is 3. The van der Waals surface area contributed by atoms with Gasteiger partial charge in [0.15, 0.2) is 0 Å². The Morgan fingerprint density at radius 2 is 2.11 bits per heavy atom. The fourth-order valence-corrected chi connectivity index (χ4v) is 3.91. The van der Waals surface area contributed by atoms with E-state index in [1.165, 1.54) is 32.1 Å². The van der Waals surface area contributed by atoms with Crippen molar-refractivity contribution in [1.29, 1.82) is 0 Å². The van der Waals surface area contributed by atoms with Crippen LogP contribution in [0.4, 0.5) is 5.82 Å². The summed E-state index contributed by atoms with van der Waals surface area (Å²) in [5.41, 5.74) is 1.12. The van der Waals surface area contributed by atoms with Gasteiger partial charge in [0.05, 0.1) is 0 Å². The van der Waals surface area contributed by atoms with Crippen molar-refractivity contribution in [2.75, 3.05) is 11.4 Å². The molecule has 2 unspecified atom stereocenters. The molecule has 2 fully saturated rings. The fraction of sp³-hybridized carbons (Fsp3) is 0.714. The van der Waals surface area contributed by atoms with Crippen LogP contribution in [0.2, 0.25) is 5.15 Å². The van der Waals surface area contributed by atoms with Gasteiger partial charge in [0.2, 0.25) is 0 Å². The highest BCUT2D eigenvalue weighted by Crippen LogP contribution is 2.40. The molecule has 0 radical (unpaired) electrons. The van der Waals surface area contributed by atoms with E-state index in [-0.39, 0.29) is 0 Å². The van der Waals surface area contributed by atoms with Crippen molar-refractivity contribution >= 4 is 17.4 Å². The highest BCUT2D eigenvalue weighted by Gasteiger charge is 2.36. The molecular formula is C14H20ClN3. The van der Waals surface area contributed by atoms with Crippen LogP contribution >= 0.6 is 11.6 Å². The van der Waals surface area contributed by atoms with Crippen molar-refractivity contribution < 1.29 is 0 Å². The lowest BCUT2D eigenvalue weighted by Gasteiger charge is -2.39. The molecule has 2 heterocycles. The Labute approximate surface area is 114 Å². The van der Waals surface area contributed by atoms with Crippen LogP contribution in [0, 0.1) is 5.92 Å². The molecule has 0 N–H and O–H groups in total. The monoisotopic (exact) mass is 265 g/mol. The Balaban J connectivity index is 1.96. The summed E-state index contributed by atoms with van der Waals surface area (Å²) in [6, 6.07) is 0.690. The highest BCUT2D eigenvalue weighted by molar-refractivity contribution is 6.30. The Morgan fingerprint density at radius 3 is 2.94 bits per heavy atom. The van der Waals surface area contributed by atoms with E-state index in [9.17, 15) is 0 Å². The maximum atomic E-state index is 6.21. The van der Waals surface area contributed by atoms with Crippen molar-refractivity contribution in [2.45, 2.75) is 51.5 Å². The molecule has 3 rings (SSSR count). The van der Waals surface area contributed by atoms with Crippen molar-refractivity contribution in [3.63, 3.8) is 0 Å². The van der Waals surface area contributed by atoms with Crippen LogP contribution in [0.5, 0.6) is 0 Å². The molecule has 1 aliphatic heterocycles. The van der Waals surface area contributed by atoms with E-state index in [2.05, 4.69) is 21.8 Å². The normalized spacial score (nSPS) is 27.3. The zero-order valence-electron chi connectivity index (χ0n) is 10.9. The van der Waals surface area contributed by atoms with Crippen LogP contribution in [0.3, 0.4) is 0 Å². The third-order valence-electron chi connectivity index (χ3n) is 4.49. The van der Waals surface area contributed by atoms with Crippen molar-refractivity contribution in [3.8, 4) is 0 Å². The lowest BCUT2D eigenvalue weighted by atomic mass is 9.91. The Kier molecular flexibility index (Phi) is 3.42. The van der Waals surface area contributed by atoms with Gasteiger partial charge in [-0.25, -0.2) is 9.97 Å². The zero-order chi connectivity index (χ0) is 12.5. The van der Waals surface area contributed by atoms with E-state index in [4.69, 9.17) is 11.6 Å². The first-order valence-electron chi connectivity index (χ1n) is 7.07. The van der Waals surface area contributed by atoms with Gasteiger partial charge in [-0.3, -0.25) is 0 Å². The van der Waals surface area contributed by atoms with Gasteiger partial charge in [-0.15, -0.1) is 0 Å². The van der Waals surface area contributed by atoms with Crippen molar-refractivity contribution in [3.05, 3.63) is 17.0 Å². The second kappa shape index (κ2) is 5.04. The largest absolute Gasteiger partial charge is 0.353 e. The third kappa shape index (κ3) is 1.99. The molecule has 1 aliphatic carbocycles. The molecule has 0 bridgehead atoms. The average Bonchev–Trinajstić information content (AvgIpc) is 2.86. The smallest absolute Gasteiger partial charge is 0.137 e. The first-order chi connectivity index (χ1) is 8.81. The summed E-state index contributed by atoms with van der Waals surface area (Å²) in [6.45, 7) is 3.26. The van der Waals surface area contributed by atoms with Crippen LogP contribution < -0.4 is 4.90 Å². The Bertz CT molecular complexity index is 435. The van der Waals surface area contributed by atoms with E-state index >= 15 is 0 Å². The quantitative estimate of drug-likeness (QED) is 0.767. The van der Waals surface area contributed by atoms with Gasteiger partial charge in [0, 0.05) is 18.2 Å². The summed E-state index contributed by atoms with van der Waals surface area (Å²) in [6.07, 6.45) is 9.26. The van der Waals surface area contributed by atoms with Crippen molar-refractivity contribution in [1.82, 2.24) is 9.97 Å². The second-order valence-corrected chi connectivity index (χ2v) is 5.77. The van der Waals surface area contributed by atoms with Gasteiger partial charge in [0.25, 0.3) is 0 Å². The van der Waals surface area contributed by atoms with Gasteiger partial charge in [0.1, 0.15) is 17.3 Å². The SMILES string of the molecule is CCc1c(Cl)ncnc1N1CCCC2CCCC21. The minimum atomic E-state index is 0.627. The molecule has 0 spiro atoms. The standard InChI is InChI=1S/C14H20ClN3/c1-2-11-13(15)16-9-17-14(11)18-8-4-6-10-5-3-7-12(10)18/h9-10,12H,2-8H2,1H3. The molecule has 2 aliphatic rings. The molecule has 1 aromatic rings. The fourth-order valence-electron chi connectivity index (χ4n) is 3.65. The zero-order valence-corrected chi connectivity index (χ0v) is 11.7. The molecular weight excluding hydrogens is 246 g/mol.